The topological polar surface area (TPSA) is 81.2 Å². The van der Waals surface area contributed by atoms with E-state index in [2.05, 4.69) is 10.2 Å². The number of aromatic carboxylic acids is 1. The largest absolute Gasteiger partial charge is 0.476 e. The smallest absolute Gasteiger partial charge is 0.358 e. The second-order valence-corrected chi connectivity index (χ2v) is 4.04. The van der Waals surface area contributed by atoms with E-state index in [-0.39, 0.29) is 5.69 Å². The molecule has 0 aliphatic heterocycles. The minimum atomic E-state index is -1.10. The van der Waals surface area contributed by atoms with Crippen LogP contribution in [0, 0.1) is 0 Å². The molecule has 3 aromatic rings. The van der Waals surface area contributed by atoms with Gasteiger partial charge in [0.05, 0.1) is 12.1 Å². The summed E-state index contributed by atoms with van der Waals surface area (Å²) < 4.78 is 5.41. The fourth-order valence-corrected chi connectivity index (χ4v) is 1.98. The third-order valence-electron chi connectivity index (χ3n) is 2.88. The summed E-state index contributed by atoms with van der Waals surface area (Å²) in [7, 11) is 0. The summed E-state index contributed by atoms with van der Waals surface area (Å²) in [5.74, 6) is -1.10. The summed E-state index contributed by atoms with van der Waals surface area (Å²) >= 11 is 0. The molecule has 6 nitrogen and oxygen atoms in total. The number of carboxylic acids is 1. The predicted molar refractivity (Wildman–Crippen MR) is 67.9 cm³/mol. The van der Waals surface area contributed by atoms with Gasteiger partial charge < -0.3 is 9.52 Å². The molecule has 0 aliphatic carbocycles. The average molecular weight is 257 g/mol. The first-order chi connectivity index (χ1) is 9.20. The zero-order chi connectivity index (χ0) is 13.4. The lowest BCUT2D eigenvalue weighted by Crippen LogP contribution is -2.02. The van der Waals surface area contributed by atoms with Crippen LogP contribution in [0.1, 0.15) is 17.4 Å². The third-order valence-corrected chi connectivity index (χ3v) is 2.88. The molecule has 19 heavy (non-hydrogen) atoms. The molecule has 6 heteroatoms. The Morgan fingerprint density at radius 3 is 2.89 bits per heavy atom. The van der Waals surface area contributed by atoms with Crippen molar-refractivity contribution in [1.29, 1.82) is 0 Å². The highest BCUT2D eigenvalue weighted by molar-refractivity contribution is 5.99. The van der Waals surface area contributed by atoms with E-state index >= 15 is 0 Å². The van der Waals surface area contributed by atoms with E-state index in [1.807, 2.05) is 31.2 Å². The van der Waals surface area contributed by atoms with Crippen LogP contribution in [0.5, 0.6) is 0 Å². The van der Waals surface area contributed by atoms with Gasteiger partial charge in [-0.1, -0.05) is 18.2 Å². The lowest BCUT2D eigenvalue weighted by Gasteiger charge is -1.93. The number of hydrogen-bond donors (Lipinski definition) is 1. The van der Waals surface area contributed by atoms with Crippen molar-refractivity contribution in [3.8, 4) is 11.3 Å². The molecule has 0 saturated heterocycles. The van der Waals surface area contributed by atoms with Crippen molar-refractivity contribution in [2.24, 2.45) is 0 Å². The fraction of sp³-hybridized carbons (Fsp3) is 0.154. The Labute approximate surface area is 108 Å². The van der Waals surface area contributed by atoms with E-state index in [1.165, 1.54) is 11.1 Å². The molecular formula is C13H11N3O3. The van der Waals surface area contributed by atoms with E-state index in [1.54, 1.807) is 0 Å². The Hall–Kier alpha value is -2.63. The average Bonchev–Trinajstić information content (AvgIpc) is 3.02. The first kappa shape index (κ1) is 11.5. The molecular weight excluding hydrogens is 246 g/mol. The SMILES string of the molecule is CCn1nc(C(=O)O)c(-c2coc3ccccc23)n1. The second-order valence-electron chi connectivity index (χ2n) is 4.04. The summed E-state index contributed by atoms with van der Waals surface area (Å²) in [5.41, 5.74) is 1.61. The van der Waals surface area contributed by atoms with Crippen molar-refractivity contribution in [1.82, 2.24) is 15.0 Å². The van der Waals surface area contributed by atoms with Crippen molar-refractivity contribution < 1.29 is 14.3 Å². The van der Waals surface area contributed by atoms with Gasteiger partial charge in [-0.2, -0.15) is 9.90 Å². The zero-order valence-electron chi connectivity index (χ0n) is 10.2. The maximum atomic E-state index is 11.2. The predicted octanol–water partition coefficient (Wildman–Crippen LogP) is 2.41. The van der Waals surface area contributed by atoms with Gasteiger partial charge >= 0.3 is 5.97 Å². The Bertz CT molecular complexity index is 757. The molecule has 0 spiro atoms. The Kier molecular flexibility index (Phi) is 2.56. The van der Waals surface area contributed by atoms with Crippen LogP contribution in [-0.2, 0) is 6.54 Å². The molecule has 0 saturated carbocycles. The van der Waals surface area contributed by atoms with Crippen LogP contribution in [-0.4, -0.2) is 26.1 Å². The molecule has 0 unspecified atom stereocenters. The quantitative estimate of drug-likeness (QED) is 0.779. The van der Waals surface area contributed by atoms with E-state index < -0.39 is 5.97 Å². The minimum Gasteiger partial charge on any atom is -0.476 e. The molecule has 0 atom stereocenters. The van der Waals surface area contributed by atoms with Gasteiger partial charge in [0.15, 0.2) is 5.69 Å². The summed E-state index contributed by atoms with van der Waals surface area (Å²) in [6.07, 6.45) is 1.52. The van der Waals surface area contributed by atoms with Gasteiger partial charge in [0, 0.05) is 5.39 Å². The van der Waals surface area contributed by atoms with Gasteiger partial charge in [-0.3, -0.25) is 0 Å². The molecule has 0 radical (unpaired) electrons. The van der Waals surface area contributed by atoms with Crippen molar-refractivity contribution in [3.05, 3.63) is 36.2 Å². The van der Waals surface area contributed by atoms with Crippen LogP contribution in [0.25, 0.3) is 22.2 Å². The number of fused-ring (bicyclic) bond motifs is 1. The maximum Gasteiger partial charge on any atom is 0.358 e. The first-order valence-corrected chi connectivity index (χ1v) is 5.85. The highest BCUT2D eigenvalue weighted by atomic mass is 16.4. The van der Waals surface area contributed by atoms with Crippen LogP contribution >= 0.6 is 0 Å². The lowest BCUT2D eigenvalue weighted by atomic mass is 10.1. The third kappa shape index (κ3) is 1.77. The number of aryl methyl sites for hydroxylation is 1. The van der Waals surface area contributed by atoms with Crippen LogP contribution < -0.4 is 0 Å². The number of furan rings is 1. The van der Waals surface area contributed by atoms with E-state index in [4.69, 9.17) is 4.42 Å². The van der Waals surface area contributed by atoms with Crippen molar-refractivity contribution in [3.63, 3.8) is 0 Å². The monoisotopic (exact) mass is 257 g/mol. The summed E-state index contributed by atoms with van der Waals surface area (Å²) in [5, 5.41) is 18.2. The van der Waals surface area contributed by atoms with E-state index in [0.717, 1.165) is 5.39 Å². The van der Waals surface area contributed by atoms with Crippen LogP contribution in [0.3, 0.4) is 0 Å². The highest BCUT2D eigenvalue weighted by Crippen LogP contribution is 2.30. The number of aromatic nitrogens is 3. The molecule has 2 aromatic heterocycles. The van der Waals surface area contributed by atoms with Crippen LogP contribution in [0.4, 0.5) is 0 Å². The van der Waals surface area contributed by atoms with Crippen LogP contribution in [0.15, 0.2) is 34.9 Å². The maximum absolute atomic E-state index is 11.2. The first-order valence-electron chi connectivity index (χ1n) is 5.85. The Morgan fingerprint density at radius 1 is 1.37 bits per heavy atom. The number of hydrogen-bond acceptors (Lipinski definition) is 4. The van der Waals surface area contributed by atoms with Gasteiger partial charge in [-0.15, -0.1) is 5.10 Å². The Balaban J connectivity index is 2.26. The molecule has 1 aromatic carbocycles. The van der Waals surface area contributed by atoms with E-state index in [9.17, 15) is 9.90 Å². The number of carbonyl (C=O) groups is 1. The molecule has 0 fully saturated rings. The lowest BCUT2D eigenvalue weighted by molar-refractivity contribution is 0.0690. The number of carboxylic acid groups (broad SMARTS) is 1. The molecule has 1 N–H and O–H groups in total. The van der Waals surface area contributed by atoms with Crippen molar-refractivity contribution >= 4 is 16.9 Å². The van der Waals surface area contributed by atoms with Crippen molar-refractivity contribution in [2.75, 3.05) is 0 Å². The summed E-state index contributed by atoms with van der Waals surface area (Å²) in [4.78, 5) is 12.6. The highest BCUT2D eigenvalue weighted by Gasteiger charge is 2.21. The molecule has 0 amide bonds. The van der Waals surface area contributed by atoms with Gasteiger partial charge in [0.25, 0.3) is 0 Å². The molecule has 96 valence electrons. The van der Waals surface area contributed by atoms with Gasteiger partial charge in [0.1, 0.15) is 17.5 Å². The standard InChI is InChI=1S/C13H11N3O3/c1-2-16-14-11(12(15-16)13(17)18)9-7-19-10-6-4-3-5-8(9)10/h3-7H,2H2,1H3,(H,17,18). The molecule has 0 aliphatic rings. The number of nitrogens with zero attached hydrogens (tertiary/aromatic N) is 3. The molecule has 0 bridgehead atoms. The number of benzene rings is 1. The van der Waals surface area contributed by atoms with Gasteiger partial charge in [0.2, 0.25) is 0 Å². The van der Waals surface area contributed by atoms with Crippen molar-refractivity contribution in [2.45, 2.75) is 13.5 Å². The molecule has 3 rings (SSSR count). The normalized spacial score (nSPS) is 11.0. The second kappa shape index (κ2) is 4.24. The molecule has 2 heterocycles. The number of para-hydroxylation sites is 1. The van der Waals surface area contributed by atoms with Crippen LogP contribution in [0.2, 0.25) is 0 Å². The minimum absolute atomic E-state index is 0.0617. The number of rotatable bonds is 3. The summed E-state index contributed by atoms with van der Waals surface area (Å²) in [6.45, 7) is 2.36. The Morgan fingerprint density at radius 2 is 2.16 bits per heavy atom. The van der Waals surface area contributed by atoms with Gasteiger partial charge in [-0.05, 0) is 13.0 Å². The fourth-order valence-electron chi connectivity index (χ4n) is 1.98. The van der Waals surface area contributed by atoms with Gasteiger partial charge in [-0.25, -0.2) is 4.79 Å². The van der Waals surface area contributed by atoms with E-state index in [0.29, 0.717) is 23.4 Å². The zero-order valence-corrected chi connectivity index (χ0v) is 10.2. The summed E-state index contributed by atoms with van der Waals surface area (Å²) in [6, 6.07) is 7.41.